The van der Waals surface area contributed by atoms with Crippen molar-refractivity contribution >= 4 is 32.4 Å². The van der Waals surface area contributed by atoms with E-state index >= 15 is 0 Å². The average molecular weight is 578 g/mol. The van der Waals surface area contributed by atoms with Crippen LogP contribution in [0.3, 0.4) is 0 Å². The highest BCUT2D eigenvalue weighted by molar-refractivity contribution is 7.89. The van der Waals surface area contributed by atoms with Crippen LogP contribution < -0.4 is 15.6 Å². The van der Waals surface area contributed by atoms with Crippen molar-refractivity contribution in [1.29, 1.82) is 0 Å². The molecule has 0 saturated heterocycles. The van der Waals surface area contributed by atoms with Crippen LogP contribution in [-0.2, 0) is 22.6 Å². The molecule has 0 atom stereocenters. The second-order valence-electron chi connectivity index (χ2n) is 9.22. The van der Waals surface area contributed by atoms with Gasteiger partial charge < -0.3 is 10.5 Å². The van der Waals surface area contributed by atoms with E-state index in [1.807, 2.05) is 0 Å². The number of alkyl halides is 3. The van der Waals surface area contributed by atoms with Gasteiger partial charge in [-0.3, -0.25) is 4.79 Å². The van der Waals surface area contributed by atoms with E-state index in [1.54, 1.807) is 60.8 Å². The molecule has 7 nitrogen and oxygen atoms in total. The summed E-state index contributed by atoms with van der Waals surface area (Å²) in [5.41, 5.74) is 6.14. The van der Waals surface area contributed by atoms with E-state index in [9.17, 15) is 26.4 Å². The van der Waals surface area contributed by atoms with Crippen LogP contribution >= 0.6 is 0 Å². The van der Waals surface area contributed by atoms with Crippen molar-refractivity contribution in [3.63, 3.8) is 0 Å². The van der Waals surface area contributed by atoms with Gasteiger partial charge in [-0.2, -0.15) is 13.2 Å². The Morgan fingerprint density at radius 2 is 1.63 bits per heavy atom. The molecule has 1 aromatic heterocycles. The van der Waals surface area contributed by atoms with Gasteiger partial charge in [-0.05, 0) is 53.4 Å². The molecular formula is C30H22F3N3O4S. The van der Waals surface area contributed by atoms with Crippen LogP contribution in [0.4, 0.5) is 19.0 Å². The van der Waals surface area contributed by atoms with Gasteiger partial charge in [0.05, 0.1) is 10.5 Å². The number of hydrogen-bond donors (Lipinski definition) is 2. The first kappa shape index (κ1) is 27.8. The zero-order chi connectivity index (χ0) is 29.4. The number of nitrogen functional groups attached to an aromatic ring is 1. The number of rotatable bonds is 7. The molecule has 41 heavy (non-hydrogen) atoms. The summed E-state index contributed by atoms with van der Waals surface area (Å²) in [5.74, 6) is 0.189. The maximum atomic E-state index is 13.5. The molecule has 0 aliphatic carbocycles. The molecular weight excluding hydrogens is 555 g/mol. The summed E-state index contributed by atoms with van der Waals surface area (Å²) in [6, 6.07) is 21.9. The first-order chi connectivity index (χ1) is 19.4. The van der Waals surface area contributed by atoms with Crippen LogP contribution in [0.1, 0.15) is 21.5 Å². The SMILES string of the molecule is Nc1nccc2ccc(Oc3ccc(C(F)(F)F)cc3CC(=O)c3ccc(-c4ccccc4S(N)(=O)=O)cc3)cc12. The number of anilines is 1. The number of ether oxygens (including phenoxy) is 1. The van der Waals surface area contributed by atoms with E-state index in [1.165, 1.54) is 24.3 Å². The quantitative estimate of drug-likeness (QED) is 0.217. The van der Waals surface area contributed by atoms with Crippen molar-refractivity contribution in [3.05, 3.63) is 114 Å². The van der Waals surface area contributed by atoms with Crippen molar-refractivity contribution in [2.45, 2.75) is 17.5 Å². The number of nitrogens with two attached hydrogens (primary N) is 2. The Hall–Kier alpha value is -4.74. The van der Waals surface area contributed by atoms with Crippen LogP contribution in [0.2, 0.25) is 0 Å². The van der Waals surface area contributed by atoms with Gasteiger partial charge in [-0.15, -0.1) is 0 Å². The number of benzene rings is 4. The number of sulfonamides is 1. The van der Waals surface area contributed by atoms with E-state index in [-0.39, 0.29) is 34.0 Å². The predicted molar refractivity (Wildman–Crippen MR) is 149 cm³/mol. The molecule has 11 heteroatoms. The lowest BCUT2D eigenvalue weighted by molar-refractivity contribution is -0.137. The van der Waals surface area contributed by atoms with Crippen LogP contribution in [-0.4, -0.2) is 19.2 Å². The highest BCUT2D eigenvalue weighted by Crippen LogP contribution is 2.36. The van der Waals surface area contributed by atoms with Gasteiger partial charge in [-0.1, -0.05) is 48.5 Å². The summed E-state index contributed by atoms with van der Waals surface area (Å²) in [4.78, 5) is 17.2. The fourth-order valence-electron chi connectivity index (χ4n) is 4.42. The molecule has 5 rings (SSSR count). The van der Waals surface area contributed by atoms with E-state index in [0.29, 0.717) is 22.3 Å². The molecule has 4 aromatic carbocycles. The first-order valence-electron chi connectivity index (χ1n) is 12.2. The molecule has 0 bridgehead atoms. The normalized spacial score (nSPS) is 11.9. The standard InChI is InChI=1S/C30H22F3N3O4S/c31-30(32,33)22-10-12-27(40-23-11-9-19-13-14-36-29(34)25(19)17-23)21(15-22)16-26(37)20-7-5-18(6-8-20)24-3-1-2-4-28(24)41(35,38)39/h1-15,17H,16H2,(H2,34,36)(H2,35,38,39). The Balaban J connectivity index is 1.45. The van der Waals surface area contributed by atoms with Crippen molar-refractivity contribution in [2.24, 2.45) is 5.14 Å². The number of nitrogens with zero attached hydrogens (tertiary/aromatic N) is 1. The molecule has 0 radical (unpaired) electrons. The monoisotopic (exact) mass is 577 g/mol. The van der Waals surface area contributed by atoms with Gasteiger partial charge >= 0.3 is 6.18 Å². The smallest absolute Gasteiger partial charge is 0.416 e. The van der Waals surface area contributed by atoms with Gasteiger partial charge in [0.1, 0.15) is 17.3 Å². The molecule has 0 amide bonds. The zero-order valence-electron chi connectivity index (χ0n) is 21.2. The van der Waals surface area contributed by atoms with Gasteiger partial charge in [-0.25, -0.2) is 18.5 Å². The second-order valence-corrected chi connectivity index (χ2v) is 10.7. The Morgan fingerprint density at radius 3 is 2.34 bits per heavy atom. The van der Waals surface area contributed by atoms with E-state index in [0.717, 1.165) is 17.5 Å². The van der Waals surface area contributed by atoms with Crippen molar-refractivity contribution < 1.29 is 31.1 Å². The molecule has 5 aromatic rings. The van der Waals surface area contributed by atoms with Crippen LogP contribution in [0.15, 0.2) is 102 Å². The second kappa shape index (κ2) is 10.7. The minimum atomic E-state index is -4.63. The molecule has 0 aliphatic rings. The number of carbonyl (C=O) groups is 1. The van der Waals surface area contributed by atoms with Crippen molar-refractivity contribution in [3.8, 4) is 22.6 Å². The lowest BCUT2D eigenvalue weighted by Crippen LogP contribution is -2.13. The number of carbonyl (C=O) groups excluding carboxylic acids is 1. The van der Waals surface area contributed by atoms with Crippen LogP contribution in [0.5, 0.6) is 11.5 Å². The molecule has 0 fully saturated rings. The Morgan fingerprint density at radius 1 is 0.902 bits per heavy atom. The number of halogens is 3. The largest absolute Gasteiger partial charge is 0.457 e. The molecule has 0 unspecified atom stereocenters. The predicted octanol–water partition coefficient (Wildman–Crippen LogP) is 6.37. The lowest BCUT2D eigenvalue weighted by atomic mass is 9.98. The molecule has 0 aliphatic heterocycles. The number of Topliss-reactive ketones (excluding diaryl/α,β-unsaturated/α-hetero) is 1. The number of aromatic nitrogens is 1. The van der Waals surface area contributed by atoms with Crippen LogP contribution in [0.25, 0.3) is 21.9 Å². The van der Waals surface area contributed by atoms with Crippen molar-refractivity contribution in [2.75, 3.05) is 5.73 Å². The Kier molecular flexibility index (Phi) is 7.24. The number of hydrogen-bond acceptors (Lipinski definition) is 6. The summed E-state index contributed by atoms with van der Waals surface area (Å²) in [5, 5.41) is 6.74. The minimum absolute atomic E-state index is 0.0349. The van der Waals surface area contributed by atoms with Gasteiger partial charge in [0.15, 0.2) is 5.78 Å². The van der Waals surface area contributed by atoms with E-state index in [4.69, 9.17) is 15.6 Å². The molecule has 208 valence electrons. The molecule has 4 N–H and O–H groups in total. The Labute approximate surface area is 233 Å². The minimum Gasteiger partial charge on any atom is -0.457 e. The van der Waals surface area contributed by atoms with Gasteiger partial charge in [0.25, 0.3) is 0 Å². The highest BCUT2D eigenvalue weighted by Gasteiger charge is 2.31. The summed E-state index contributed by atoms with van der Waals surface area (Å²) in [7, 11) is -3.99. The summed E-state index contributed by atoms with van der Waals surface area (Å²) >= 11 is 0. The van der Waals surface area contributed by atoms with Crippen molar-refractivity contribution in [1.82, 2.24) is 4.98 Å². The number of ketones is 1. The van der Waals surface area contributed by atoms with E-state index < -0.39 is 27.5 Å². The number of fused-ring (bicyclic) bond motifs is 1. The topological polar surface area (TPSA) is 125 Å². The number of primary sulfonamides is 1. The van der Waals surface area contributed by atoms with Gasteiger partial charge in [0, 0.05) is 34.7 Å². The highest BCUT2D eigenvalue weighted by atomic mass is 32.2. The fourth-order valence-corrected chi connectivity index (χ4v) is 5.18. The fraction of sp³-hybridized carbons (Fsp3) is 0.0667. The molecule has 1 heterocycles. The molecule has 0 spiro atoms. The first-order valence-corrected chi connectivity index (χ1v) is 13.7. The van der Waals surface area contributed by atoms with Crippen LogP contribution in [0, 0.1) is 0 Å². The third-order valence-electron chi connectivity index (χ3n) is 6.45. The zero-order valence-corrected chi connectivity index (χ0v) is 22.0. The molecule has 0 saturated carbocycles. The Bertz CT molecular complexity index is 1890. The lowest BCUT2D eigenvalue weighted by Gasteiger charge is -2.15. The average Bonchev–Trinajstić information content (AvgIpc) is 2.93. The van der Waals surface area contributed by atoms with Gasteiger partial charge in [0.2, 0.25) is 10.0 Å². The summed E-state index contributed by atoms with van der Waals surface area (Å²) in [6.07, 6.45) is -3.45. The maximum Gasteiger partial charge on any atom is 0.416 e. The number of pyridine rings is 1. The summed E-state index contributed by atoms with van der Waals surface area (Å²) in [6.45, 7) is 0. The summed E-state index contributed by atoms with van der Waals surface area (Å²) < 4.78 is 70.5. The maximum absolute atomic E-state index is 13.5. The third kappa shape index (κ3) is 6.06. The third-order valence-corrected chi connectivity index (χ3v) is 7.42. The van der Waals surface area contributed by atoms with E-state index in [2.05, 4.69) is 4.98 Å².